The number of hydrogen-bond acceptors (Lipinski definition) is 1. The number of benzene rings is 1. The molecular weight excluding hydrogens is 310 g/mol. The van der Waals surface area contributed by atoms with Crippen LogP contribution in [0, 0.1) is 5.92 Å². The van der Waals surface area contributed by atoms with E-state index in [1.165, 1.54) is 18.4 Å². The summed E-state index contributed by atoms with van der Waals surface area (Å²) in [5.41, 5.74) is 2.49. The van der Waals surface area contributed by atoms with Gasteiger partial charge in [0.2, 0.25) is 0 Å². The first-order chi connectivity index (χ1) is 8.56. The number of nitrogens with one attached hydrogen (secondary N) is 1. The zero-order valence-electron chi connectivity index (χ0n) is 10.8. The largest absolute Gasteiger partial charge is 0.310 e. The lowest BCUT2D eigenvalue weighted by molar-refractivity contribution is 0.662. The third-order valence-corrected chi connectivity index (χ3v) is 4.05. The van der Waals surface area contributed by atoms with Crippen molar-refractivity contribution in [2.24, 2.45) is 5.92 Å². The highest BCUT2D eigenvalue weighted by Gasteiger charge is 2.20. The Hall–Kier alpha value is -0.310. The average molecular weight is 329 g/mol. The fraction of sp³-hybridized carbons (Fsp3) is 0.467. The maximum atomic E-state index is 6.23. The van der Waals surface area contributed by atoms with Crippen LogP contribution >= 0.6 is 27.5 Å². The van der Waals surface area contributed by atoms with E-state index in [0.29, 0.717) is 5.92 Å². The van der Waals surface area contributed by atoms with Gasteiger partial charge in [0.1, 0.15) is 0 Å². The van der Waals surface area contributed by atoms with Gasteiger partial charge in [-0.15, -0.1) is 0 Å². The third-order valence-electron chi connectivity index (χ3n) is 3.21. The minimum atomic E-state index is 0.534. The fourth-order valence-corrected chi connectivity index (χ4v) is 2.35. The zero-order valence-corrected chi connectivity index (χ0v) is 13.2. The van der Waals surface area contributed by atoms with Crippen molar-refractivity contribution in [3.8, 4) is 0 Å². The molecule has 0 saturated heterocycles. The Labute approximate surface area is 123 Å². The molecule has 98 valence electrons. The topological polar surface area (TPSA) is 12.0 Å². The Morgan fingerprint density at radius 3 is 2.83 bits per heavy atom. The summed E-state index contributed by atoms with van der Waals surface area (Å²) < 4.78 is 1.07. The smallest absolute Gasteiger partial charge is 0.0479 e. The van der Waals surface area contributed by atoms with Crippen LogP contribution in [-0.2, 0) is 0 Å². The Morgan fingerprint density at radius 1 is 1.50 bits per heavy atom. The van der Waals surface area contributed by atoms with E-state index in [2.05, 4.69) is 47.2 Å². The Morgan fingerprint density at radius 2 is 2.22 bits per heavy atom. The predicted octanol–water partition coefficient (Wildman–Crippen LogP) is 4.89. The molecule has 2 rings (SSSR count). The lowest BCUT2D eigenvalue weighted by Crippen LogP contribution is -2.21. The van der Waals surface area contributed by atoms with Gasteiger partial charge in [0.05, 0.1) is 0 Å². The Kier molecular flexibility index (Phi) is 4.88. The van der Waals surface area contributed by atoms with Crippen molar-refractivity contribution in [3.63, 3.8) is 0 Å². The molecule has 0 heterocycles. The van der Waals surface area contributed by atoms with Crippen molar-refractivity contribution in [2.75, 3.05) is 6.54 Å². The molecule has 18 heavy (non-hydrogen) atoms. The summed E-state index contributed by atoms with van der Waals surface area (Å²) in [7, 11) is 0. The van der Waals surface area contributed by atoms with Crippen LogP contribution in [0.3, 0.4) is 0 Å². The summed E-state index contributed by atoms with van der Waals surface area (Å²) in [5.74, 6) is 0.534. The van der Waals surface area contributed by atoms with Crippen LogP contribution in [-0.4, -0.2) is 12.6 Å². The van der Waals surface area contributed by atoms with Gasteiger partial charge < -0.3 is 5.32 Å². The van der Waals surface area contributed by atoms with Gasteiger partial charge in [-0.3, -0.25) is 0 Å². The number of halogens is 2. The van der Waals surface area contributed by atoms with Gasteiger partial charge in [-0.1, -0.05) is 53.0 Å². The van der Waals surface area contributed by atoms with Gasteiger partial charge in [0.25, 0.3) is 0 Å². The van der Waals surface area contributed by atoms with E-state index in [9.17, 15) is 0 Å². The van der Waals surface area contributed by atoms with Gasteiger partial charge in [-0.2, -0.15) is 0 Å². The lowest BCUT2D eigenvalue weighted by Gasteiger charge is -2.13. The molecule has 1 fully saturated rings. The second kappa shape index (κ2) is 6.23. The highest BCUT2D eigenvalue weighted by molar-refractivity contribution is 9.10. The first kappa shape index (κ1) is 14.1. The van der Waals surface area contributed by atoms with E-state index in [1.54, 1.807) is 0 Å². The van der Waals surface area contributed by atoms with E-state index >= 15 is 0 Å². The SMILES string of the molecule is CC(C)/C(=C/c1cc(Br)ccc1Cl)CNC1CC1. The Balaban J connectivity index is 2.16. The molecule has 1 aromatic carbocycles. The summed E-state index contributed by atoms with van der Waals surface area (Å²) in [6.07, 6.45) is 4.86. The molecule has 1 aliphatic carbocycles. The van der Waals surface area contributed by atoms with E-state index in [-0.39, 0.29) is 0 Å². The standard InChI is InChI=1S/C15H19BrClN/c1-10(2)12(9-18-14-4-5-14)7-11-8-13(16)3-6-15(11)17/h3,6-8,10,14,18H,4-5,9H2,1-2H3/b12-7+. The molecule has 0 bridgehead atoms. The molecule has 0 atom stereocenters. The van der Waals surface area contributed by atoms with Crippen LogP contribution in [0.4, 0.5) is 0 Å². The maximum Gasteiger partial charge on any atom is 0.0479 e. The van der Waals surface area contributed by atoms with Crippen LogP contribution < -0.4 is 5.32 Å². The molecule has 1 aliphatic rings. The average Bonchev–Trinajstić information content (AvgIpc) is 3.12. The molecule has 1 N–H and O–H groups in total. The highest BCUT2D eigenvalue weighted by Crippen LogP contribution is 2.25. The van der Waals surface area contributed by atoms with Crippen molar-refractivity contribution >= 4 is 33.6 Å². The summed E-state index contributed by atoms with van der Waals surface area (Å²) in [5, 5.41) is 4.38. The fourth-order valence-electron chi connectivity index (χ4n) is 1.80. The second-order valence-electron chi connectivity index (χ2n) is 5.19. The van der Waals surface area contributed by atoms with Crippen LogP contribution in [0.2, 0.25) is 5.02 Å². The molecule has 0 radical (unpaired) electrons. The minimum absolute atomic E-state index is 0.534. The van der Waals surface area contributed by atoms with Crippen LogP contribution in [0.1, 0.15) is 32.3 Å². The molecule has 1 nitrogen and oxygen atoms in total. The third kappa shape index (κ3) is 4.11. The van der Waals surface area contributed by atoms with Crippen molar-refractivity contribution in [1.82, 2.24) is 5.32 Å². The van der Waals surface area contributed by atoms with E-state index < -0.39 is 0 Å². The minimum Gasteiger partial charge on any atom is -0.310 e. The molecule has 0 amide bonds. The second-order valence-corrected chi connectivity index (χ2v) is 6.52. The van der Waals surface area contributed by atoms with Crippen molar-refractivity contribution in [3.05, 3.63) is 38.8 Å². The predicted molar refractivity (Wildman–Crippen MR) is 83.0 cm³/mol. The van der Waals surface area contributed by atoms with Gasteiger partial charge >= 0.3 is 0 Å². The van der Waals surface area contributed by atoms with Crippen molar-refractivity contribution in [2.45, 2.75) is 32.7 Å². The van der Waals surface area contributed by atoms with Crippen LogP contribution in [0.15, 0.2) is 28.2 Å². The van der Waals surface area contributed by atoms with Crippen LogP contribution in [0.25, 0.3) is 6.08 Å². The normalized spacial score (nSPS) is 16.4. The monoisotopic (exact) mass is 327 g/mol. The van der Waals surface area contributed by atoms with Gasteiger partial charge in [0, 0.05) is 22.1 Å². The van der Waals surface area contributed by atoms with E-state index in [4.69, 9.17) is 11.6 Å². The lowest BCUT2D eigenvalue weighted by atomic mass is 10.00. The van der Waals surface area contributed by atoms with Crippen LogP contribution in [0.5, 0.6) is 0 Å². The number of rotatable bonds is 5. The Bertz CT molecular complexity index is 450. The molecule has 0 aromatic heterocycles. The molecule has 0 unspecified atom stereocenters. The highest BCUT2D eigenvalue weighted by atomic mass is 79.9. The molecule has 1 aromatic rings. The number of hydrogen-bond donors (Lipinski definition) is 1. The molecule has 3 heteroatoms. The molecular formula is C15H19BrClN. The van der Waals surface area contributed by atoms with Gasteiger partial charge in [-0.05, 0) is 42.5 Å². The van der Waals surface area contributed by atoms with E-state index in [0.717, 1.165) is 27.6 Å². The van der Waals surface area contributed by atoms with Gasteiger partial charge in [0.15, 0.2) is 0 Å². The first-order valence-electron chi connectivity index (χ1n) is 6.45. The summed E-state index contributed by atoms with van der Waals surface area (Å²) in [6.45, 7) is 5.42. The van der Waals surface area contributed by atoms with E-state index in [1.807, 2.05) is 12.1 Å². The summed E-state index contributed by atoms with van der Waals surface area (Å²) in [4.78, 5) is 0. The molecule has 0 aliphatic heterocycles. The first-order valence-corrected chi connectivity index (χ1v) is 7.62. The van der Waals surface area contributed by atoms with Gasteiger partial charge in [-0.25, -0.2) is 0 Å². The zero-order chi connectivity index (χ0) is 13.1. The maximum absolute atomic E-state index is 6.23. The molecule has 1 saturated carbocycles. The summed E-state index contributed by atoms with van der Waals surface area (Å²) in [6, 6.07) is 6.72. The van der Waals surface area contributed by atoms with Crippen molar-refractivity contribution < 1.29 is 0 Å². The summed E-state index contributed by atoms with van der Waals surface area (Å²) >= 11 is 9.73. The molecule has 0 spiro atoms. The van der Waals surface area contributed by atoms with Crippen molar-refractivity contribution in [1.29, 1.82) is 0 Å². The quantitative estimate of drug-likeness (QED) is 0.811.